The fraction of sp³-hybridized carbons (Fsp3) is 0.214. The zero-order valence-corrected chi connectivity index (χ0v) is 10.9. The maximum atomic E-state index is 12.7. The highest BCUT2D eigenvalue weighted by molar-refractivity contribution is 5.80. The molecule has 1 aromatic carbocycles. The summed E-state index contributed by atoms with van der Waals surface area (Å²) in [5.74, 6) is -0.670. The summed E-state index contributed by atoms with van der Waals surface area (Å²) < 4.78 is 14.9. The Morgan fingerprint density at radius 3 is 2.45 bits per heavy atom. The summed E-state index contributed by atoms with van der Waals surface area (Å²) in [7, 11) is 1.50. The second-order valence-corrected chi connectivity index (χ2v) is 4.48. The molecular formula is C14H13FN2O3. The minimum Gasteiger partial charge on any atom is -0.303 e. The number of ketones is 1. The Bertz CT molecular complexity index is 744. The summed E-state index contributed by atoms with van der Waals surface area (Å²) >= 11 is 0. The van der Waals surface area contributed by atoms with Crippen molar-refractivity contribution in [1.29, 1.82) is 0 Å². The van der Waals surface area contributed by atoms with Crippen LogP contribution in [0.4, 0.5) is 4.39 Å². The van der Waals surface area contributed by atoms with E-state index in [1.165, 1.54) is 48.1 Å². The minimum absolute atomic E-state index is 0.0464. The number of aromatic nitrogens is 2. The van der Waals surface area contributed by atoms with Crippen LogP contribution >= 0.6 is 0 Å². The molecule has 1 heterocycles. The molecule has 5 nitrogen and oxygen atoms in total. The summed E-state index contributed by atoms with van der Waals surface area (Å²) in [6.07, 6.45) is 1.40. The highest BCUT2D eigenvalue weighted by Gasteiger charge is 2.09. The Morgan fingerprint density at radius 1 is 1.15 bits per heavy atom. The first-order valence-electron chi connectivity index (χ1n) is 6.00. The van der Waals surface area contributed by atoms with Crippen molar-refractivity contribution in [3.8, 4) is 0 Å². The van der Waals surface area contributed by atoms with Gasteiger partial charge in [-0.2, -0.15) is 0 Å². The maximum absolute atomic E-state index is 12.7. The van der Waals surface area contributed by atoms with Gasteiger partial charge in [0.25, 0.3) is 5.56 Å². The summed E-state index contributed by atoms with van der Waals surface area (Å²) in [5, 5.41) is 0. The van der Waals surface area contributed by atoms with Crippen LogP contribution < -0.4 is 11.2 Å². The Hall–Kier alpha value is -2.50. The summed E-state index contributed by atoms with van der Waals surface area (Å²) in [4.78, 5) is 35.2. The van der Waals surface area contributed by atoms with Crippen molar-refractivity contribution in [3.05, 3.63) is 68.7 Å². The monoisotopic (exact) mass is 276 g/mol. The standard InChI is InChI=1S/C14H13FN2O3/c1-16-7-6-13(19)17(14(16)20)9-12(18)8-10-2-4-11(15)5-3-10/h2-7H,8-9H2,1H3. The molecule has 0 fully saturated rings. The molecule has 0 spiro atoms. The summed E-state index contributed by atoms with van der Waals surface area (Å²) in [5.41, 5.74) is -0.414. The van der Waals surface area contributed by atoms with Crippen molar-refractivity contribution in [2.75, 3.05) is 0 Å². The molecule has 2 rings (SSSR count). The fourth-order valence-corrected chi connectivity index (χ4v) is 1.82. The van der Waals surface area contributed by atoms with Crippen molar-refractivity contribution < 1.29 is 9.18 Å². The fourth-order valence-electron chi connectivity index (χ4n) is 1.82. The highest BCUT2D eigenvalue weighted by Crippen LogP contribution is 2.04. The lowest BCUT2D eigenvalue weighted by Crippen LogP contribution is -2.40. The molecule has 6 heteroatoms. The first-order valence-corrected chi connectivity index (χ1v) is 6.00. The van der Waals surface area contributed by atoms with Crippen LogP contribution in [0.25, 0.3) is 0 Å². The SMILES string of the molecule is Cn1ccc(=O)n(CC(=O)Cc2ccc(F)cc2)c1=O. The highest BCUT2D eigenvalue weighted by atomic mass is 19.1. The van der Waals surface area contributed by atoms with E-state index in [9.17, 15) is 18.8 Å². The molecule has 0 unspecified atom stereocenters. The Labute approximate surface area is 113 Å². The zero-order chi connectivity index (χ0) is 14.7. The number of aryl methyl sites for hydroxylation is 1. The van der Waals surface area contributed by atoms with Crippen molar-refractivity contribution in [1.82, 2.24) is 9.13 Å². The molecule has 0 aliphatic rings. The maximum Gasteiger partial charge on any atom is 0.331 e. The van der Waals surface area contributed by atoms with E-state index in [1.54, 1.807) is 0 Å². The van der Waals surface area contributed by atoms with E-state index in [0.29, 0.717) is 5.56 Å². The van der Waals surface area contributed by atoms with Gasteiger partial charge in [-0.05, 0) is 17.7 Å². The average molecular weight is 276 g/mol. The number of benzene rings is 1. The third kappa shape index (κ3) is 3.09. The molecular weight excluding hydrogens is 263 g/mol. The molecule has 1 aromatic heterocycles. The van der Waals surface area contributed by atoms with E-state index in [2.05, 4.69) is 0 Å². The molecule has 0 amide bonds. The average Bonchev–Trinajstić information content (AvgIpc) is 2.42. The van der Waals surface area contributed by atoms with E-state index in [0.717, 1.165) is 4.57 Å². The zero-order valence-electron chi connectivity index (χ0n) is 10.9. The number of halogens is 1. The van der Waals surface area contributed by atoms with E-state index >= 15 is 0 Å². The van der Waals surface area contributed by atoms with Gasteiger partial charge in [0.15, 0.2) is 5.78 Å². The minimum atomic E-state index is -0.537. The number of hydrogen-bond acceptors (Lipinski definition) is 3. The van der Waals surface area contributed by atoms with Crippen LogP contribution in [-0.2, 0) is 24.8 Å². The van der Waals surface area contributed by atoms with Gasteiger partial charge in [-0.1, -0.05) is 12.1 Å². The largest absolute Gasteiger partial charge is 0.331 e. The molecule has 0 radical (unpaired) electrons. The molecule has 2 aromatic rings. The second kappa shape index (κ2) is 5.64. The first kappa shape index (κ1) is 13.9. The lowest BCUT2D eigenvalue weighted by molar-refractivity contribution is -0.119. The van der Waals surface area contributed by atoms with Gasteiger partial charge in [0.05, 0.1) is 6.54 Å². The molecule has 0 N–H and O–H groups in total. The van der Waals surface area contributed by atoms with Crippen molar-refractivity contribution in [2.24, 2.45) is 7.05 Å². The third-order valence-electron chi connectivity index (χ3n) is 2.89. The van der Waals surface area contributed by atoms with Gasteiger partial charge in [0.2, 0.25) is 0 Å². The quantitative estimate of drug-likeness (QED) is 0.817. The molecule has 0 aliphatic heterocycles. The van der Waals surface area contributed by atoms with Crippen LogP contribution in [-0.4, -0.2) is 14.9 Å². The molecule has 0 atom stereocenters. The van der Waals surface area contributed by atoms with Crippen LogP contribution in [0.5, 0.6) is 0 Å². The van der Waals surface area contributed by atoms with Gasteiger partial charge >= 0.3 is 5.69 Å². The lowest BCUT2D eigenvalue weighted by Gasteiger charge is -2.06. The number of hydrogen-bond donors (Lipinski definition) is 0. The lowest BCUT2D eigenvalue weighted by atomic mass is 10.1. The number of carbonyl (C=O) groups is 1. The second-order valence-electron chi connectivity index (χ2n) is 4.48. The topological polar surface area (TPSA) is 61.1 Å². The van der Waals surface area contributed by atoms with Gasteiger partial charge in [-0.3, -0.25) is 14.2 Å². The molecule has 20 heavy (non-hydrogen) atoms. The molecule has 0 saturated carbocycles. The van der Waals surface area contributed by atoms with Crippen LogP contribution in [0, 0.1) is 5.82 Å². The van der Waals surface area contributed by atoms with E-state index in [1.807, 2.05) is 0 Å². The van der Waals surface area contributed by atoms with Gasteiger partial charge in [0, 0.05) is 25.7 Å². The Kier molecular flexibility index (Phi) is 3.93. The van der Waals surface area contributed by atoms with E-state index in [-0.39, 0.29) is 24.6 Å². The predicted molar refractivity (Wildman–Crippen MR) is 71.1 cm³/mol. The number of carbonyl (C=O) groups excluding carboxylic acids is 1. The van der Waals surface area contributed by atoms with Gasteiger partial charge in [-0.15, -0.1) is 0 Å². The van der Waals surface area contributed by atoms with Crippen molar-refractivity contribution in [2.45, 2.75) is 13.0 Å². The Balaban J connectivity index is 2.17. The normalized spacial score (nSPS) is 10.5. The smallest absolute Gasteiger partial charge is 0.303 e. The number of nitrogens with zero attached hydrogens (tertiary/aromatic N) is 2. The van der Waals surface area contributed by atoms with Gasteiger partial charge in [-0.25, -0.2) is 9.18 Å². The number of rotatable bonds is 4. The third-order valence-corrected chi connectivity index (χ3v) is 2.89. The predicted octanol–water partition coefficient (Wildman–Crippen LogP) is 0.498. The van der Waals surface area contributed by atoms with E-state index in [4.69, 9.17) is 0 Å². The first-order chi connectivity index (χ1) is 9.47. The number of Topliss-reactive ketones (excluding diaryl/α,β-unsaturated/α-hetero) is 1. The molecule has 0 bridgehead atoms. The molecule has 0 saturated heterocycles. The van der Waals surface area contributed by atoms with Crippen LogP contribution in [0.2, 0.25) is 0 Å². The molecule has 104 valence electrons. The Morgan fingerprint density at radius 2 is 1.80 bits per heavy atom. The van der Waals surface area contributed by atoms with Crippen LogP contribution in [0.1, 0.15) is 5.56 Å². The molecule has 0 aliphatic carbocycles. The van der Waals surface area contributed by atoms with Crippen LogP contribution in [0.15, 0.2) is 46.1 Å². The summed E-state index contributed by atoms with van der Waals surface area (Å²) in [6, 6.07) is 6.75. The van der Waals surface area contributed by atoms with E-state index < -0.39 is 11.2 Å². The van der Waals surface area contributed by atoms with Crippen LogP contribution in [0.3, 0.4) is 0 Å². The van der Waals surface area contributed by atoms with Gasteiger partial charge < -0.3 is 4.57 Å². The van der Waals surface area contributed by atoms with Gasteiger partial charge in [0.1, 0.15) is 5.82 Å². The van der Waals surface area contributed by atoms with Crippen molar-refractivity contribution in [3.63, 3.8) is 0 Å². The van der Waals surface area contributed by atoms with Crippen molar-refractivity contribution >= 4 is 5.78 Å². The summed E-state index contributed by atoms with van der Waals surface area (Å²) in [6.45, 7) is -0.288.